The van der Waals surface area contributed by atoms with Crippen molar-refractivity contribution in [1.29, 1.82) is 0 Å². The molecule has 0 saturated heterocycles. The SMILES string of the molecule is CCCNCCC=CCc1ccnc(N)c1. The molecule has 0 unspecified atom stereocenters. The number of allylic oxidation sites excluding steroid dienone is 1. The number of nitrogens with zero attached hydrogens (tertiary/aromatic N) is 1. The summed E-state index contributed by atoms with van der Waals surface area (Å²) < 4.78 is 0. The smallest absolute Gasteiger partial charge is 0.123 e. The average Bonchev–Trinajstić information content (AvgIpc) is 2.28. The minimum atomic E-state index is 0.593. The molecule has 0 aliphatic rings. The van der Waals surface area contributed by atoms with Gasteiger partial charge in [0, 0.05) is 6.20 Å². The van der Waals surface area contributed by atoms with Crippen molar-refractivity contribution in [3.05, 3.63) is 36.0 Å². The van der Waals surface area contributed by atoms with Crippen molar-refractivity contribution in [2.24, 2.45) is 0 Å². The van der Waals surface area contributed by atoms with Gasteiger partial charge in [0.25, 0.3) is 0 Å². The maximum absolute atomic E-state index is 5.60. The molecule has 1 aromatic rings. The number of anilines is 1. The standard InChI is InChI=1S/C13H21N3/c1-2-8-15-9-5-3-4-6-12-7-10-16-13(14)11-12/h3-4,7,10-11,15H,2,5-6,8-9H2,1H3,(H2,14,16). The first-order valence-corrected chi connectivity index (χ1v) is 5.89. The van der Waals surface area contributed by atoms with Crippen LogP contribution in [-0.4, -0.2) is 18.1 Å². The van der Waals surface area contributed by atoms with Crippen LogP contribution in [0.25, 0.3) is 0 Å². The number of aromatic nitrogens is 1. The van der Waals surface area contributed by atoms with Crippen molar-refractivity contribution in [2.75, 3.05) is 18.8 Å². The fourth-order valence-electron chi connectivity index (χ4n) is 1.45. The number of nitrogen functional groups attached to an aromatic ring is 1. The summed E-state index contributed by atoms with van der Waals surface area (Å²) in [5.41, 5.74) is 6.81. The summed E-state index contributed by atoms with van der Waals surface area (Å²) >= 11 is 0. The number of nitrogens with one attached hydrogen (secondary N) is 1. The van der Waals surface area contributed by atoms with Crippen LogP contribution in [0.4, 0.5) is 5.82 Å². The second kappa shape index (κ2) is 7.88. The molecule has 1 heterocycles. The van der Waals surface area contributed by atoms with Crippen LogP contribution < -0.4 is 11.1 Å². The van der Waals surface area contributed by atoms with Gasteiger partial charge in [-0.25, -0.2) is 4.98 Å². The van der Waals surface area contributed by atoms with Crippen molar-refractivity contribution >= 4 is 5.82 Å². The van der Waals surface area contributed by atoms with E-state index >= 15 is 0 Å². The lowest BCUT2D eigenvalue weighted by atomic mass is 10.2. The zero-order valence-corrected chi connectivity index (χ0v) is 9.95. The number of nitrogens with two attached hydrogens (primary N) is 1. The molecule has 0 aliphatic carbocycles. The zero-order chi connectivity index (χ0) is 11.6. The largest absolute Gasteiger partial charge is 0.384 e. The fourth-order valence-corrected chi connectivity index (χ4v) is 1.45. The normalized spacial score (nSPS) is 11.1. The Labute approximate surface area is 97.8 Å². The Morgan fingerprint density at radius 2 is 2.25 bits per heavy atom. The Bertz CT molecular complexity index is 321. The molecule has 88 valence electrons. The monoisotopic (exact) mass is 219 g/mol. The Morgan fingerprint density at radius 1 is 1.38 bits per heavy atom. The molecule has 0 aromatic carbocycles. The van der Waals surface area contributed by atoms with Gasteiger partial charge in [0.15, 0.2) is 0 Å². The van der Waals surface area contributed by atoms with Gasteiger partial charge >= 0.3 is 0 Å². The van der Waals surface area contributed by atoms with E-state index in [1.807, 2.05) is 12.1 Å². The highest BCUT2D eigenvalue weighted by Gasteiger charge is 1.90. The summed E-state index contributed by atoms with van der Waals surface area (Å²) in [6, 6.07) is 3.91. The van der Waals surface area contributed by atoms with Crippen LogP contribution in [0.1, 0.15) is 25.3 Å². The Kier molecular flexibility index (Phi) is 6.26. The van der Waals surface area contributed by atoms with E-state index in [1.54, 1.807) is 6.20 Å². The Morgan fingerprint density at radius 3 is 3.00 bits per heavy atom. The first kappa shape index (κ1) is 12.7. The molecular formula is C13H21N3. The molecule has 1 aromatic heterocycles. The van der Waals surface area contributed by atoms with Crippen molar-refractivity contribution in [1.82, 2.24) is 10.3 Å². The van der Waals surface area contributed by atoms with Gasteiger partial charge in [-0.15, -0.1) is 0 Å². The summed E-state index contributed by atoms with van der Waals surface area (Å²) in [6.45, 7) is 4.34. The van der Waals surface area contributed by atoms with E-state index in [1.165, 1.54) is 12.0 Å². The van der Waals surface area contributed by atoms with Crippen LogP contribution in [-0.2, 0) is 6.42 Å². The molecule has 0 bridgehead atoms. The van der Waals surface area contributed by atoms with Crippen LogP contribution in [0.3, 0.4) is 0 Å². The van der Waals surface area contributed by atoms with Gasteiger partial charge in [-0.05, 0) is 50.0 Å². The van der Waals surface area contributed by atoms with Gasteiger partial charge in [-0.3, -0.25) is 0 Å². The van der Waals surface area contributed by atoms with Crippen molar-refractivity contribution < 1.29 is 0 Å². The van der Waals surface area contributed by atoms with Gasteiger partial charge in [0.05, 0.1) is 0 Å². The van der Waals surface area contributed by atoms with E-state index in [0.717, 1.165) is 25.9 Å². The molecule has 3 heteroatoms. The molecule has 0 radical (unpaired) electrons. The quantitative estimate of drug-likeness (QED) is 0.546. The minimum Gasteiger partial charge on any atom is -0.384 e. The number of rotatable bonds is 7. The molecule has 0 fully saturated rings. The van der Waals surface area contributed by atoms with E-state index in [0.29, 0.717) is 5.82 Å². The van der Waals surface area contributed by atoms with E-state index in [2.05, 4.69) is 29.4 Å². The van der Waals surface area contributed by atoms with Crippen LogP contribution in [0, 0.1) is 0 Å². The first-order chi connectivity index (χ1) is 7.83. The van der Waals surface area contributed by atoms with Gasteiger partial charge < -0.3 is 11.1 Å². The predicted molar refractivity (Wildman–Crippen MR) is 69.3 cm³/mol. The third kappa shape index (κ3) is 5.51. The van der Waals surface area contributed by atoms with Crippen molar-refractivity contribution in [3.8, 4) is 0 Å². The lowest BCUT2D eigenvalue weighted by Gasteiger charge is -1.99. The summed E-state index contributed by atoms with van der Waals surface area (Å²) in [5, 5.41) is 3.36. The topological polar surface area (TPSA) is 50.9 Å². The predicted octanol–water partition coefficient (Wildman–Crippen LogP) is 2.15. The van der Waals surface area contributed by atoms with E-state index in [4.69, 9.17) is 5.73 Å². The highest BCUT2D eigenvalue weighted by Crippen LogP contribution is 2.04. The molecule has 1 rings (SSSR count). The van der Waals surface area contributed by atoms with Gasteiger partial charge in [-0.2, -0.15) is 0 Å². The molecule has 0 aliphatic heterocycles. The highest BCUT2D eigenvalue weighted by atomic mass is 14.8. The van der Waals surface area contributed by atoms with Gasteiger partial charge in [0.1, 0.15) is 5.82 Å². The van der Waals surface area contributed by atoms with Crippen LogP contribution >= 0.6 is 0 Å². The fraction of sp³-hybridized carbons (Fsp3) is 0.462. The number of hydrogen-bond donors (Lipinski definition) is 2. The lowest BCUT2D eigenvalue weighted by molar-refractivity contribution is 0.678. The van der Waals surface area contributed by atoms with Crippen molar-refractivity contribution in [3.63, 3.8) is 0 Å². The summed E-state index contributed by atoms with van der Waals surface area (Å²) in [4.78, 5) is 3.96. The average molecular weight is 219 g/mol. The van der Waals surface area contributed by atoms with E-state index in [-0.39, 0.29) is 0 Å². The highest BCUT2D eigenvalue weighted by molar-refractivity contribution is 5.32. The first-order valence-electron chi connectivity index (χ1n) is 5.89. The second-order valence-electron chi connectivity index (χ2n) is 3.80. The molecular weight excluding hydrogens is 198 g/mol. The lowest BCUT2D eigenvalue weighted by Crippen LogP contribution is -2.14. The zero-order valence-electron chi connectivity index (χ0n) is 9.95. The number of pyridine rings is 1. The second-order valence-corrected chi connectivity index (χ2v) is 3.80. The maximum Gasteiger partial charge on any atom is 0.123 e. The minimum absolute atomic E-state index is 0.593. The molecule has 16 heavy (non-hydrogen) atoms. The Hall–Kier alpha value is -1.35. The van der Waals surface area contributed by atoms with Crippen LogP contribution in [0.15, 0.2) is 30.5 Å². The maximum atomic E-state index is 5.60. The van der Waals surface area contributed by atoms with Gasteiger partial charge in [-0.1, -0.05) is 19.1 Å². The van der Waals surface area contributed by atoms with E-state index < -0.39 is 0 Å². The summed E-state index contributed by atoms with van der Waals surface area (Å²) in [5.74, 6) is 0.593. The van der Waals surface area contributed by atoms with Crippen LogP contribution in [0.5, 0.6) is 0 Å². The van der Waals surface area contributed by atoms with Crippen LogP contribution in [0.2, 0.25) is 0 Å². The molecule has 0 spiro atoms. The molecule has 0 amide bonds. The van der Waals surface area contributed by atoms with Gasteiger partial charge in [0.2, 0.25) is 0 Å². The van der Waals surface area contributed by atoms with Crippen molar-refractivity contribution in [2.45, 2.75) is 26.2 Å². The molecule has 3 N–H and O–H groups in total. The van der Waals surface area contributed by atoms with E-state index in [9.17, 15) is 0 Å². The molecule has 0 atom stereocenters. The molecule has 0 saturated carbocycles. The third-order valence-corrected chi connectivity index (χ3v) is 2.28. The third-order valence-electron chi connectivity index (χ3n) is 2.28. The Balaban J connectivity index is 2.16. The summed E-state index contributed by atoms with van der Waals surface area (Å²) in [7, 11) is 0. The number of hydrogen-bond acceptors (Lipinski definition) is 3. The molecule has 3 nitrogen and oxygen atoms in total. The summed E-state index contributed by atoms with van der Waals surface area (Å²) in [6.07, 6.45) is 9.35.